The number of rotatable bonds is 9. The molecule has 0 spiro atoms. The fourth-order valence-electron chi connectivity index (χ4n) is 4.33. The lowest BCUT2D eigenvalue weighted by atomic mass is 10.1. The Hall–Kier alpha value is -2.51. The van der Waals surface area contributed by atoms with Gasteiger partial charge in [0, 0.05) is 31.7 Å². The summed E-state index contributed by atoms with van der Waals surface area (Å²) in [5.74, 6) is 0.0877. The van der Waals surface area contributed by atoms with Crippen LogP contribution in [0.4, 0.5) is 0 Å². The molecule has 2 heterocycles. The number of amides is 1. The van der Waals surface area contributed by atoms with Crippen LogP contribution in [0.1, 0.15) is 35.2 Å². The van der Waals surface area contributed by atoms with Crippen molar-refractivity contribution in [1.29, 1.82) is 0 Å². The summed E-state index contributed by atoms with van der Waals surface area (Å²) in [6.07, 6.45) is 2.70. The van der Waals surface area contributed by atoms with Crippen LogP contribution in [0.2, 0.25) is 0 Å². The molecular weight excluding hydrogens is 518 g/mol. The number of aryl methyl sites for hydroxylation is 1. The average molecular weight is 552 g/mol. The molecule has 4 rings (SSSR count). The Morgan fingerprint density at radius 2 is 1.46 bits per heavy atom. The number of hydrogen-bond acceptors (Lipinski definition) is 7. The van der Waals surface area contributed by atoms with Gasteiger partial charge in [-0.2, -0.15) is 8.61 Å². The standard InChI is InChI=1S/C25H33N3O7S2/c1-20-5-8-23(37(32,33)27-12-3-2-4-13-27)19-24(20)25(29)26-11-16-35-21-6-9-22(10-7-21)36(30,31)28-14-17-34-18-15-28/h5-10,19H,2-4,11-18H2,1H3,(H,26,29). The number of piperidine rings is 1. The van der Waals surface area contributed by atoms with Crippen molar-refractivity contribution < 1.29 is 31.1 Å². The van der Waals surface area contributed by atoms with Crippen molar-refractivity contribution in [3.63, 3.8) is 0 Å². The van der Waals surface area contributed by atoms with Crippen LogP contribution in [0.3, 0.4) is 0 Å². The van der Waals surface area contributed by atoms with Gasteiger partial charge in [0.15, 0.2) is 0 Å². The maximum atomic E-state index is 13.0. The average Bonchev–Trinajstić information content (AvgIpc) is 2.92. The summed E-state index contributed by atoms with van der Waals surface area (Å²) in [6.45, 7) is 4.51. The molecule has 0 radical (unpaired) electrons. The van der Waals surface area contributed by atoms with Gasteiger partial charge in [0.2, 0.25) is 20.0 Å². The van der Waals surface area contributed by atoms with Crippen LogP contribution in [-0.4, -0.2) is 83.9 Å². The molecule has 1 amide bonds. The molecule has 10 nitrogen and oxygen atoms in total. The van der Waals surface area contributed by atoms with E-state index in [1.807, 2.05) is 0 Å². The fraction of sp³-hybridized carbons (Fsp3) is 0.480. The van der Waals surface area contributed by atoms with Crippen molar-refractivity contribution in [2.24, 2.45) is 0 Å². The Bertz CT molecular complexity index is 1300. The molecule has 0 bridgehead atoms. The summed E-state index contributed by atoms with van der Waals surface area (Å²) in [5, 5.41) is 2.76. The van der Waals surface area contributed by atoms with E-state index in [4.69, 9.17) is 9.47 Å². The Balaban J connectivity index is 1.31. The molecule has 2 aromatic carbocycles. The topological polar surface area (TPSA) is 122 Å². The third-order valence-electron chi connectivity index (χ3n) is 6.49. The van der Waals surface area contributed by atoms with E-state index in [0.717, 1.165) is 19.3 Å². The lowest BCUT2D eigenvalue weighted by Gasteiger charge is -2.26. The van der Waals surface area contributed by atoms with E-state index >= 15 is 0 Å². The number of nitrogens with one attached hydrogen (secondary N) is 1. The lowest BCUT2D eigenvalue weighted by Crippen LogP contribution is -2.40. The van der Waals surface area contributed by atoms with Crippen LogP contribution in [0, 0.1) is 6.92 Å². The molecule has 2 aliphatic heterocycles. The highest BCUT2D eigenvalue weighted by Gasteiger charge is 2.28. The van der Waals surface area contributed by atoms with E-state index in [2.05, 4.69) is 5.32 Å². The SMILES string of the molecule is Cc1ccc(S(=O)(=O)N2CCCCC2)cc1C(=O)NCCOc1ccc(S(=O)(=O)N2CCOCC2)cc1. The van der Waals surface area contributed by atoms with E-state index in [9.17, 15) is 21.6 Å². The van der Waals surface area contributed by atoms with E-state index in [1.54, 1.807) is 31.2 Å². The van der Waals surface area contributed by atoms with E-state index in [0.29, 0.717) is 56.3 Å². The Morgan fingerprint density at radius 1 is 0.865 bits per heavy atom. The zero-order valence-corrected chi connectivity index (χ0v) is 22.5. The van der Waals surface area contributed by atoms with Gasteiger partial charge in [-0.25, -0.2) is 16.8 Å². The van der Waals surface area contributed by atoms with Crippen LogP contribution in [0.5, 0.6) is 5.75 Å². The third-order valence-corrected chi connectivity index (χ3v) is 10.3. The minimum Gasteiger partial charge on any atom is -0.492 e. The quantitative estimate of drug-likeness (QED) is 0.473. The van der Waals surface area contributed by atoms with Crippen molar-refractivity contribution in [2.75, 3.05) is 52.5 Å². The summed E-state index contributed by atoms with van der Waals surface area (Å²) in [4.78, 5) is 13.1. The maximum absolute atomic E-state index is 13.0. The highest BCUT2D eigenvalue weighted by atomic mass is 32.2. The predicted octanol–water partition coefficient (Wildman–Crippen LogP) is 2.00. The van der Waals surface area contributed by atoms with Crippen LogP contribution in [0.15, 0.2) is 52.3 Å². The Morgan fingerprint density at radius 3 is 2.14 bits per heavy atom. The lowest BCUT2D eigenvalue weighted by molar-refractivity contribution is 0.0730. The van der Waals surface area contributed by atoms with E-state index < -0.39 is 20.0 Å². The van der Waals surface area contributed by atoms with Gasteiger partial charge in [0.25, 0.3) is 5.91 Å². The van der Waals surface area contributed by atoms with Gasteiger partial charge in [-0.3, -0.25) is 4.79 Å². The first kappa shape index (κ1) is 27.5. The molecule has 37 heavy (non-hydrogen) atoms. The van der Waals surface area contributed by atoms with Crippen molar-refractivity contribution in [3.8, 4) is 5.75 Å². The molecule has 0 aromatic heterocycles. The van der Waals surface area contributed by atoms with Crippen LogP contribution in [0.25, 0.3) is 0 Å². The molecule has 0 atom stereocenters. The van der Waals surface area contributed by atoms with Gasteiger partial charge in [0.05, 0.1) is 29.5 Å². The second kappa shape index (κ2) is 11.9. The number of sulfonamides is 2. The third kappa shape index (κ3) is 6.50. The molecule has 0 saturated carbocycles. The molecule has 202 valence electrons. The zero-order valence-electron chi connectivity index (χ0n) is 20.9. The summed E-state index contributed by atoms with van der Waals surface area (Å²) in [7, 11) is -7.22. The van der Waals surface area contributed by atoms with Gasteiger partial charge in [-0.05, 0) is 61.7 Å². The molecule has 2 aliphatic rings. The molecule has 1 N–H and O–H groups in total. The van der Waals surface area contributed by atoms with Gasteiger partial charge >= 0.3 is 0 Å². The zero-order chi connectivity index (χ0) is 26.5. The molecule has 0 unspecified atom stereocenters. The van der Waals surface area contributed by atoms with Crippen molar-refractivity contribution in [3.05, 3.63) is 53.6 Å². The van der Waals surface area contributed by atoms with Crippen LogP contribution >= 0.6 is 0 Å². The minimum absolute atomic E-state index is 0.119. The molecule has 2 aromatic rings. The second-order valence-corrected chi connectivity index (χ2v) is 12.9. The van der Waals surface area contributed by atoms with Gasteiger partial charge in [-0.15, -0.1) is 0 Å². The number of ether oxygens (including phenoxy) is 2. The van der Waals surface area contributed by atoms with Crippen molar-refractivity contribution >= 4 is 26.0 Å². The first-order valence-electron chi connectivity index (χ1n) is 12.4. The summed E-state index contributed by atoms with van der Waals surface area (Å²) < 4.78 is 65.2. The molecular formula is C25H33N3O7S2. The highest BCUT2D eigenvalue weighted by molar-refractivity contribution is 7.89. The fourth-order valence-corrected chi connectivity index (χ4v) is 7.28. The minimum atomic E-state index is -3.64. The summed E-state index contributed by atoms with van der Waals surface area (Å²) in [5.41, 5.74) is 0.976. The van der Waals surface area contributed by atoms with Gasteiger partial charge in [-0.1, -0.05) is 12.5 Å². The highest BCUT2D eigenvalue weighted by Crippen LogP contribution is 2.23. The normalized spacial score (nSPS) is 17.9. The predicted molar refractivity (Wildman–Crippen MR) is 138 cm³/mol. The number of nitrogens with zero attached hydrogens (tertiary/aromatic N) is 2. The number of benzene rings is 2. The van der Waals surface area contributed by atoms with E-state index in [1.165, 1.54) is 26.8 Å². The Kier molecular flexibility index (Phi) is 8.86. The Labute approximate surface area is 218 Å². The number of morpholine rings is 1. The van der Waals surface area contributed by atoms with Crippen molar-refractivity contribution in [2.45, 2.75) is 36.0 Å². The van der Waals surface area contributed by atoms with Gasteiger partial charge in [0.1, 0.15) is 12.4 Å². The molecule has 0 aliphatic carbocycles. The largest absolute Gasteiger partial charge is 0.492 e. The van der Waals surface area contributed by atoms with Gasteiger partial charge < -0.3 is 14.8 Å². The number of hydrogen-bond donors (Lipinski definition) is 1. The molecule has 2 fully saturated rings. The number of carbonyl (C=O) groups excluding carboxylic acids is 1. The van der Waals surface area contributed by atoms with Crippen LogP contribution < -0.4 is 10.1 Å². The molecule has 2 saturated heterocycles. The number of carbonyl (C=O) groups is 1. The molecule has 12 heteroatoms. The van der Waals surface area contributed by atoms with Crippen LogP contribution in [-0.2, 0) is 24.8 Å². The first-order chi connectivity index (χ1) is 17.7. The summed E-state index contributed by atoms with van der Waals surface area (Å²) in [6, 6.07) is 10.8. The van der Waals surface area contributed by atoms with Crippen molar-refractivity contribution in [1.82, 2.24) is 13.9 Å². The van der Waals surface area contributed by atoms with E-state index in [-0.39, 0.29) is 28.8 Å². The maximum Gasteiger partial charge on any atom is 0.251 e. The smallest absolute Gasteiger partial charge is 0.251 e. The summed E-state index contributed by atoms with van der Waals surface area (Å²) >= 11 is 0. The first-order valence-corrected chi connectivity index (χ1v) is 15.3. The second-order valence-electron chi connectivity index (χ2n) is 9.03. The monoisotopic (exact) mass is 551 g/mol.